The van der Waals surface area contributed by atoms with E-state index in [0.29, 0.717) is 11.3 Å². The van der Waals surface area contributed by atoms with Crippen molar-refractivity contribution < 1.29 is 15.0 Å². The van der Waals surface area contributed by atoms with E-state index in [1.165, 1.54) is 30.1 Å². The minimum absolute atomic E-state index is 0.153. The Morgan fingerprint density at radius 1 is 1.10 bits per heavy atom. The Morgan fingerprint density at radius 3 is 2.15 bits per heavy atom. The first-order chi connectivity index (χ1) is 9.54. The van der Waals surface area contributed by atoms with Gasteiger partial charge in [0.2, 0.25) is 0 Å². The summed E-state index contributed by atoms with van der Waals surface area (Å²) in [6, 6.07) is 12.5. The van der Waals surface area contributed by atoms with E-state index >= 15 is 0 Å². The van der Waals surface area contributed by atoms with Crippen LogP contribution in [0.25, 0.3) is 0 Å². The van der Waals surface area contributed by atoms with Gasteiger partial charge in [-0.05, 0) is 36.4 Å². The zero-order valence-electron chi connectivity index (χ0n) is 10.7. The first-order valence-electron chi connectivity index (χ1n) is 5.83. The van der Waals surface area contributed by atoms with Crippen LogP contribution in [-0.2, 0) is 0 Å². The van der Waals surface area contributed by atoms with Crippen molar-refractivity contribution in [1.82, 2.24) is 0 Å². The number of nitriles is 1. The van der Waals surface area contributed by atoms with Crippen molar-refractivity contribution in [2.75, 3.05) is 11.9 Å². The molecule has 2 N–H and O–H groups in total. The summed E-state index contributed by atoms with van der Waals surface area (Å²) in [7, 11) is 1.52. The van der Waals surface area contributed by atoms with E-state index in [-0.39, 0.29) is 17.1 Å². The highest BCUT2D eigenvalue weighted by Gasteiger charge is 2.20. The highest BCUT2D eigenvalue weighted by atomic mass is 16.3. The highest BCUT2D eigenvalue weighted by molar-refractivity contribution is 6.09. The SMILES string of the molecule is CN(C(=O)c1c(O)cccc1O)c1ccc(C#N)cc1. The molecule has 0 aliphatic carbocycles. The molecule has 0 atom stereocenters. The average molecular weight is 268 g/mol. The minimum atomic E-state index is -0.537. The Labute approximate surface area is 115 Å². The van der Waals surface area contributed by atoms with E-state index in [0.717, 1.165) is 0 Å². The molecule has 5 nitrogen and oxygen atoms in total. The van der Waals surface area contributed by atoms with Gasteiger partial charge in [-0.25, -0.2) is 0 Å². The lowest BCUT2D eigenvalue weighted by atomic mass is 10.1. The fraction of sp³-hybridized carbons (Fsp3) is 0.0667. The third-order valence-electron chi connectivity index (χ3n) is 2.92. The Kier molecular flexibility index (Phi) is 3.58. The molecule has 0 aliphatic rings. The Hall–Kier alpha value is -3.00. The maximum absolute atomic E-state index is 12.3. The zero-order chi connectivity index (χ0) is 14.7. The van der Waals surface area contributed by atoms with Crippen LogP contribution in [0.1, 0.15) is 15.9 Å². The molecule has 0 radical (unpaired) electrons. The van der Waals surface area contributed by atoms with Crippen molar-refractivity contribution in [2.24, 2.45) is 0 Å². The van der Waals surface area contributed by atoms with Crippen LogP contribution in [0, 0.1) is 11.3 Å². The van der Waals surface area contributed by atoms with Gasteiger partial charge in [0.05, 0.1) is 11.6 Å². The second-order valence-electron chi connectivity index (χ2n) is 4.19. The number of anilines is 1. The van der Waals surface area contributed by atoms with Gasteiger partial charge in [0.25, 0.3) is 5.91 Å². The number of benzene rings is 2. The Morgan fingerprint density at radius 2 is 1.65 bits per heavy atom. The molecule has 0 aromatic heterocycles. The quantitative estimate of drug-likeness (QED) is 0.874. The van der Waals surface area contributed by atoms with Crippen molar-refractivity contribution in [3.63, 3.8) is 0 Å². The van der Waals surface area contributed by atoms with Crippen molar-refractivity contribution in [2.45, 2.75) is 0 Å². The number of aromatic hydroxyl groups is 2. The topological polar surface area (TPSA) is 84.6 Å². The van der Waals surface area contributed by atoms with Gasteiger partial charge < -0.3 is 15.1 Å². The molecule has 0 saturated carbocycles. The van der Waals surface area contributed by atoms with E-state index in [1.807, 2.05) is 6.07 Å². The van der Waals surface area contributed by atoms with Crippen LogP contribution in [0.2, 0.25) is 0 Å². The standard InChI is InChI=1S/C15H12N2O3/c1-17(11-7-5-10(9-16)6-8-11)15(20)14-12(18)3-2-4-13(14)19/h2-8,18-19H,1H3. The van der Waals surface area contributed by atoms with E-state index in [9.17, 15) is 15.0 Å². The van der Waals surface area contributed by atoms with E-state index in [2.05, 4.69) is 0 Å². The number of nitrogens with zero attached hydrogens (tertiary/aromatic N) is 2. The molecule has 0 heterocycles. The highest BCUT2D eigenvalue weighted by Crippen LogP contribution is 2.28. The summed E-state index contributed by atoms with van der Waals surface area (Å²) in [4.78, 5) is 13.6. The van der Waals surface area contributed by atoms with Crippen LogP contribution in [-0.4, -0.2) is 23.2 Å². The van der Waals surface area contributed by atoms with Crippen molar-refractivity contribution >= 4 is 11.6 Å². The number of rotatable bonds is 2. The number of hydrogen-bond donors (Lipinski definition) is 2. The number of amides is 1. The molecule has 20 heavy (non-hydrogen) atoms. The summed E-state index contributed by atoms with van der Waals surface area (Å²) in [5, 5.41) is 28.1. The van der Waals surface area contributed by atoms with Gasteiger partial charge in [-0.15, -0.1) is 0 Å². The maximum Gasteiger partial charge on any atom is 0.265 e. The fourth-order valence-electron chi connectivity index (χ4n) is 1.79. The van der Waals surface area contributed by atoms with Crippen LogP contribution in [0.4, 0.5) is 5.69 Å². The molecule has 0 bridgehead atoms. The van der Waals surface area contributed by atoms with Gasteiger partial charge >= 0.3 is 0 Å². The van der Waals surface area contributed by atoms with Crippen molar-refractivity contribution in [3.05, 3.63) is 53.6 Å². The fourth-order valence-corrected chi connectivity index (χ4v) is 1.79. The minimum Gasteiger partial charge on any atom is -0.507 e. The molecule has 0 aliphatic heterocycles. The summed E-state index contributed by atoms with van der Waals surface area (Å²) in [5.41, 5.74) is 0.885. The van der Waals surface area contributed by atoms with Gasteiger partial charge in [-0.1, -0.05) is 6.07 Å². The summed E-state index contributed by atoms with van der Waals surface area (Å²) in [5.74, 6) is -1.10. The molecule has 2 aromatic carbocycles. The first kappa shape index (κ1) is 13.4. The summed E-state index contributed by atoms with van der Waals surface area (Å²) in [6.45, 7) is 0. The number of hydrogen-bond acceptors (Lipinski definition) is 4. The smallest absolute Gasteiger partial charge is 0.265 e. The third-order valence-corrected chi connectivity index (χ3v) is 2.92. The van der Waals surface area contributed by atoms with Crippen LogP contribution in [0.5, 0.6) is 11.5 Å². The maximum atomic E-state index is 12.3. The van der Waals surface area contributed by atoms with Gasteiger partial charge in [0, 0.05) is 12.7 Å². The van der Waals surface area contributed by atoms with Gasteiger partial charge in [-0.2, -0.15) is 5.26 Å². The lowest BCUT2D eigenvalue weighted by molar-refractivity contribution is 0.0987. The Bertz CT molecular complexity index is 667. The molecule has 2 rings (SSSR count). The van der Waals surface area contributed by atoms with Crippen LogP contribution >= 0.6 is 0 Å². The molecule has 100 valence electrons. The van der Waals surface area contributed by atoms with Gasteiger partial charge in [0.1, 0.15) is 17.1 Å². The molecule has 5 heteroatoms. The molecular formula is C15H12N2O3. The largest absolute Gasteiger partial charge is 0.507 e. The van der Waals surface area contributed by atoms with E-state index in [4.69, 9.17) is 5.26 Å². The normalized spacial score (nSPS) is 9.80. The summed E-state index contributed by atoms with van der Waals surface area (Å²) >= 11 is 0. The number of phenols is 2. The summed E-state index contributed by atoms with van der Waals surface area (Å²) < 4.78 is 0. The van der Waals surface area contributed by atoms with Crippen LogP contribution in [0.15, 0.2) is 42.5 Å². The molecule has 0 unspecified atom stereocenters. The van der Waals surface area contributed by atoms with Gasteiger partial charge in [-0.3, -0.25) is 4.79 Å². The van der Waals surface area contributed by atoms with Crippen molar-refractivity contribution in [1.29, 1.82) is 5.26 Å². The summed E-state index contributed by atoms with van der Waals surface area (Å²) in [6.07, 6.45) is 0. The zero-order valence-corrected chi connectivity index (χ0v) is 10.7. The average Bonchev–Trinajstić information content (AvgIpc) is 2.46. The van der Waals surface area contributed by atoms with E-state index < -0.39 is 5.91 Å². The van der Waals surface area contributed by atoms with Crippen molar-refractivity contribution in [3.8, 4) is 17.6 Å². The van der Waals surface area contributed by atoms with E-state index in [1.54, 1.807) is 24.3 Å². The molecular weight excluding hydrogens is 256 g/mol. The molecule has 0 fully saturated rings. The number of carbonyl (C=O) groups is 1. The molecule has 2 aromatic rings. The lowest BCUT2D eigenvalue weighted by Gasteiger charge is -2.18. The predicted octanol–water partition coefficient (Wildman–Crippen LogP) is 2.25. The first-order valence-corrected chi connectivity index (χ1v) is 5.83. The second-order valence-corrected chi connectivity index (χ2v) is 4.19. The number of carbonyl (C=O) groups excluding carboxylic acids is 1. The van der Waals surface area contributed by atoms with Gasteiger partial charge in [0.15, 0.2) is 0 Å². The third kappa shape index (κ3) is 2.40. The van der Waals surface area contributed by atoms with Crippen LogP contribution in [0.3, 0.4) is 0 Å². The second kappa shape index (κ2) is 5.33. The predicted molar refractivity (Wildman–Crippen MR) is 73.7 cm³/mol. The molecule has 0 saturated heterocycles. The molecule has 1 amide bonds. The monoisotopic (exact) mass is 268 g/mol. The lowest BCUT2D eigenvalue weighted by Crippen LogP contribution is -2.26. The molecule has 0 spiro atoms. The Balaban J connectivity index is 2.35. The van der Waals surface area contributed by atoms with Crippen LogP contribution < -0.4 is 4.90 Å². The number of phenolic OH excluding ortho intramolecular Hbond substituents is 2.